The molecule has 0 spiro atoms. The minimum absolute atomic E-state index is 0.136. The van der Waals surface area contributed by atoms with Crippen LogP contribution in [0.5, 0.6) is 0 Å². The van der Waals surface area contributed by atoms with Gasteiger partial charge in [-0.1, -0.05) is 18.7 Å². The van der Waals surface area contributed by atoms with E-state index in [9.17, 15) is 19.5 Å². The molecule has 0 aromatic rings. The van der Waals surface area contributed by atoms with Crippen LogP contribution in [0.2, 0.25) is 0 Å². The number of aliphatic hydroxyl groups excluding tert-OH is 1. The molecule has 4 atom stereocenters. The normalized spacial score (nSPS) is 27.7. The number of hydrogen-bond acceptors (Lipinski definition) is 7. The zero-order chi connectivity index (χ0) is 21.0. The number of esters is 3. The van der Waals surface area contributed by atoms with Gasteiger partial charge in [-0.05, 0) is 31.6 Å². The van der Waals surface area contributed by atoms with Crippen molar-refractivity contribution in [3.05, 3.63) is 47.6 Å². The SMILES string of the molecule is C=C(C)C(=O)OC1CC(CO)=CC(OC(C)=O)CC(C)=CC2OC(=O)C(=C)C21. The quantitative estimate of drug-likeness (QED) is 0.340. The van der Waals surface area contributed by atoms with Crippen LogP contribution in [0.15, 0.2) is 47.6 Å². The molecule has 1 N–H and O–H groups in total. The van der Waals surface area contributed by atoms with E-state index < -0.39 is 42.1 Å². The lowest BCUT2D eigenvalue weighted by atomic mass is 9.85. The summed E-state index contributed by atoms with van der Waals surface area (Å²) in [7, 11) is 0. The maximum absolute atomic E-state index is 12.2. The molecule has 0 amide bonds. The van der Waals surface area contributed by atoms with Crippen LogP contribution in [0.1, 0.15) is 33.6 Å². The Morgan fingerprint density at radius 3 is 2.50 bits per heavy atom. The van der Waals surface area contributed by atoms with Crippen molar-refractivity contribution >= 4 is 17.9 Å². The van der Waals surface area contributed by atoms with Gasteiger partial charge in [-0.2, -0.15) is 0 Å². The van der Waals surface area contributed by atoms with Gasteiger partial charge in [0.2, 0.25) is 0 Å². The Labute approximate surface area is 164 Å². The summed E-state index contributed by atoms with van der Waals surface area (Å²) in [6.07, 6.45) is 1.87. The van der Waals surface area contributed by atoms with Crippen LogP contribution in [0.4, 0.5) is 0 Å². The maximum atomic E-state index is 12.2. The van der Waals surface area contributed by atoms with Crippen LogP contribution in [0, 0.1) is 5.92 Å². The van der Waals surface area contributed by atoms with E-state index in [-0.39, 0.29) is 24.2 Å². The van der Waals surface area contributed by atoms with Crippen molar-refractivity contribution in [2.24, 2.45) is 5.92 Å². The molecular weight excluding hydrogens is 364 g/mol. The van der Waals surface area contributed by atoms with E-state index in [1.54, 1.807) is 12.2 Å². The zero-order valence-electron chi connectivity index (χ0n) is 16.4. The molecule has 2 aliphatic rings. The van der Waals surface area contributed by atoms with Crippen LogP contribution in [-0.2, 0) is 28.6 Å². The molecule has 1 saturated heterocycles. The van der Waals surface area contributed by atoms with Gasteiger partial charge in [0.05, 0.1) is 12.5 Å². The van der Waals surface area contributed by atoms with E-state index >= 15 is 0 Å². The minimum Gasteiger partial charge on any atom is -0.458 e. The van der Waals surface area contributed by atoms with Crippen LogP contribution in [-0.4, -0.2) is 47.9 Å². The second kappa shape index (κ2) is 9.01. The molecule has 1 aliphatic carbocycles. The van der Waals surface area contributed by atoms with Gasteiger partial charge in [0.1, 0.15) is 18.3 Å². The lowest BCUT2D eigenvalue weighted by Gasteiger charge is -2.28. The van der Waals surface area contributed by atoms with Gasteiger partial charge in [-0.3, -0.25) is 4.79 Å². The van der Waals surface area contributed by atoms with Gasteiger partial charge in [0.15, 0.2) is 0 Å². The number of carbonyl (C=O) groups excluding carboxylic acids is 3. The lowest BCUT2D eigenvalue weighted by Crippen LogP contribution is -2.34. The molecule has 152 valence electrons. The molecule has 0 saturated carbocycles. The highest BCUT2D eigenvalue weighted by molar-refractivity contribution is 5.91. The van der Waals surface area contributed by atoms with Crippen molar-refractivity contribution in [3.63, 3.8) is 0 Å². The summed E-state index contributed by atoms with van der Waals surface area (Å²) in [6.45, 7) is 11.7. The Hall–Kier alpha value is -2.67. The second-order valence-corrected chi connectivity index (χ2v) is 7.20. The molecule has 0 aromatic heterocycles. The number of aliphatic hydroxyl groups is 1. The Kier molecular flexibility index (Phi) is 6.96. The smallest absolute Gasteiger partial charge is 0.334 e. The third-order valence-electron chi connectivity index (χ3n) is 4.65. The van der Waals surface area contributed by atoms with Crippen LogP contribution >= 0.6 is 0 Å². The zero-order valence-corrected chi connectivity index (χ0v) is 16.4. The summed E-state index contributed by atoms with van der Waals surface area (Å²) < 4.78 is 16.3. The van der Waals surface area contributed by atoms with Gasteiger partial charge in [-0.25, -0.2) is 9.59 Å². The maximum Gasteiger partial charge on any atom is 0.334 e. The van der Waals surface area contributed by atoms with Crippen molar-refractivity contribution in [1.82, 2.24) is 0 Å². The number of hydrogen-bond donors (Lipinski definition) is 1. The number of fused-ring (bicyclic) bond motifs is 1. The van der Waals surface area contributed by atoms with Crippen LogP contribution < -0.4 is 0 Å². The van der Waals surface area contributed by atoms with Crippen molar-refractivity contribution < 1.29 is 33.7 Å². The van der Waals surface area contributed by atoms with Gasteiger partial charge in [0, 0.05) is 30.9 Å². The van der Waals surface area contributed by atoms with E-state index in [1.165, 1.54) is 13.8 Å². The monoisotopic (exact) mass is 390 g/mol. The van der Waals surface area contributed by atoms with Gasteiger partial charge < -0.3 is 19.3 Å². The first-order valence-corrected chi connectivity index (χ1v) is 9.03. The Morgan fingerprint density at radius 1 is 1.25 bits per heavy atom. The Balaban J connectivity index is 2.48. The molecule has 0 bridgehead atoms. The fraction of sp³-hybridized carbons (Fsp3) is 0.476. The standard InChI is InChI=1S/C21H26O7/c1-11(2)20(24)27-18-9-15(10-22)8-16(26-14(5)23)6-12(3)7-17-19(18)13(4)21(25)28-17/h7-8,16-19,22H,1,4,6,9-10H2,2-3,5H3. The highest BCUT2D eigenvalue weighted by Gasteiger charge is 2.44. The first kappa shape index (κ1) is 21.6. The molecule has 28 heavy (non-hydrogen) atoms. The summed E-state index contributed by atoms with van der Waals surface area (Å²) in [4.78, 5) is 35.7. The fourth-order valence-electron chi connectivity index (χ4n) is 3.38. The Bertz CT molecular complexity index is 759. The molecule has 2 rings (SSSR count). The molecule has 1 heterocycles. The van der Waals surface area contributed by atoms with Crippen LogP contribution in [0.3, 0.4) is 0 Å². The molecule has 7 nitrogen and oxygen atoms in total. The first-order chi connectivity index (χ1) is 13.1. The highest BCUT2D eigenvalue weighted by atomic mass is 16.6. The third kappa shape index (κ3) is 5.19. The van der Waals surface area contributed by atoms with E-state index in [4.69, 9.17) is 14.2 Å². The topological polar surface area (TPSA) is 99.1 Å². The number of rotatable bonds is 4. The third-order valence-corrected chi connectivity index (χ3v) is 4.65. The second-order valence-electron chi connectivity index (χ2n) is 7.20. The fourth-order valence-corrected chi connectivity index (χ4v) is 3.38. The van der Waals surface area contributed by atoms with Crippen molar-refractivity contribution in [2.75, 3.05) is 6.61 Å². The molecular formula is C21H26O7. The number of carbonyl (C=O) groups is 3. The van der Waals surface area contributed by atoms with Gasteiger partial charge in [0.25, 0.3) is 0 Å². The summed E-state index contributed by atoms with van der Waals surface area (Å²) in [5, 5.41) is 9.81. The average Bonchev–Trinajstić information content (AvgIpc) is 2.85. The van der Waals surface area contributed by atoms with Gasteiger partial charge in [-0.15, -0.1) is 0 Å². The molecule has 7 heteroatoms. The minimum atomic E-state index is -0.799. The van der Waals surface area contributed by atoms with E-state index in [0.29, 0.717) is 12.0 Å². The van der Waals surface area contributed by atoms with E-state index in [0.717, 1.165) is 5.57 Å². The van der Waals surface area contributed by atoms with E-state index in [2.05, 4.69) is 13.2 Å². The molecule has 0 radical (unpaired) electrons. The number of ether oxygens (including phenoxy) is 3. The van der Waals surface area contributed by atoms with Gasteiger partial charge >= 0.3 is 17.9 Å². The average molecular weight is 390 g/mol. The summed E-state index contributed by atoms with van der Waals surface area (Å²) in [5.74, 6) is -2.21. The Morgan fingerprint density at radius 2 is 1.93 bits per heavy atom. The summed E-state index contributed by atoms with van der Waals surface area (Å²) >= 11 is 0. The predicted octanol–water partition coefficient (Wildman–Crippen LogP) is 2.16. The molecule has 4 unspecified atom stereocenters. The largest absolute Gasteiger partial charge is 0.458 e. The predicted molar refractivity (Wildman–Crippen MR) is 101 cm³/mol. The molecule has 1 aliphatic heterocycles. The highest BCUT2D eigenvalue weighted by Crippen LogP contribution is 2.36. The van der Waals surface area contributed by atoms with Crippen molar-refractivity contribution in [2.45, 2.75) is 51.9 Å². The summed E-state index contributed by atoms with van der Waals surface area (Å²) in [5.41, 5.74) is 1.77. The molecule has 1 fully saturated rings. The first-order valence-electron chi connectivity index (χ1n) is 9.03. The lowest BCUT2D eigenvalue weighted by molar-refractivity contribution is -0.147. The van der Waals surface area contributed by atoms with E-state index in [1.807, 2.05) is 6.92 Å². The van der Waals surface area contributed by atoms with Crippen molar-refractivity contribution in [1.29, 1.82) is 0 Å². The van der Waals surface area contributed by atoms with Crippen molar-refractivity contribution in [3.8, 4) is 0 Å². The molecule has 0 aromatic carbocycles. The summed E-state index contributed by atoms with van der Waals surface area (Å²) in [6, 6.07) is 0. The van der Waals surface area contributed by atoms with Crippen LogP contribution in [0.25, 0.3) is 0 Å².